The van der Waals surface area contributed by atoms with Crippen molar-refractivity contribution in [2.45, 2.75) is 11.9 Å². The number of imidazole rings is 1. The Morgan fingerprint density at radius 3 is 2.32 bits per heavy atom. The van der Waals surface area contributed by atoms with E-state index in [1.54, 1.807) is 12.1 Å². The molecule has 1 heterocycles. The van der Waals surface area contributed by atoms with Crippen molar-refractivity contribution in [2.24, 2.45) is 0 Å². The molecule has 0 bridgehead atoms. The van der Waals surface area contributed by atoms with Gasteiger partial charge in [-0.2, -0.15) is 8.42 Å². The first kappa shape index (κ1) is 19.3. The van der Waals surface area contributed by atoms with Crippen LogP contribution in [0.1, 0.15) is 26.4 Å². The van der Waals surface area contributed by atoms with E-state index in [1.807, 2.05) is 19.1 Å². The van der Waals surface area contributed by atoms with Crippen LogP contribution < -0.4 is 8.92 Å². The largest absolute Gasteiger partial charge is 0.493 e. The number of hydrogen-bond acceptors (Lipinski definition) is 7. The van der Waals surface area contributed by atoms with Crippen LogP contribution >= 0.6 is 0 Å². The first-order chi connectivity index (χ1) is 13.4. The van der Waals surface area contributed by atoms with Gasteiger partial charge in [-0.1, -0.05) is 17.7 Å². The predicted molar refractivity (Wildman–Crippen MR) is 99.9 cm³/mol. The molecule has 0 unspecified atom stereocenters. The molecule has 144 valence electrons. The average molecular weight is 400 g/mol. The lowest BCUT2D eigenvalue weighted by atomic mass is 10.2. The number of aldehydes is 2. The summed E-state index contributed by atoms with van der Waals surface area (Å²) in [5.41, 5.74) is 1.60. The Hall–Kier alpha value is -3.46. The van der Waals surface area contributed by atoms with Crippen LogP contribution in [-0.4, -0.2) is 37.7 Å². The summed E-state index contributed by atoms with van der Waals surface area (Å²) in [4.78, 5) is 26.5. The Morgan fingerprint density at radius 2 is 1.71 bits per heavy atom. The summed E-state index contributed by atoms with van der Waals surface area (Å²) in [6.07, 6.45) is 2.16. The van der Waals surface area contributed by atoms with Crippen molar-refractivity contribution in [3.63, 3.8) is 0 Å². The highest BCUT2D eigenvalue weighted by Gasteiger charge is 2.28. The van der Waals surface area contributed by atoms with E-state index in [4.69, 9.17) is 8.92 Å². The minimum atomic E-state index is -4.47. The Balaban J connectivity index is 2.05. The summed E-state index contributed by atoms with van der Waals surface area (Å²) in [6, 6.07) is 11.2. The van der Waals surface area contributed by atoms with Gasteiger partial charge in [-0.15, -0.1) is 0 Å². The van der Waals surface area contributed by atoms with Crippen LogP contribution in [0.2, 0.25) is 0 Å². The zero-order chi connectivity index (χ0) is 20.3. The van der Waals surface area contributed by atoms with Crippen molar-refractivity contribution in [1.29, 1.82) is 0 Å². The lowest BCUT2D eigenvalue weighted by Gasteiger charge is -2.10. The van der Waals surface area contributed by atoms with E-state index in [0.29, 0.717) is 18.3 Å². The molecule has 0 aliphatic heterocycles. The second-order valence-electron chi connectivity index (χ2n) is 5.82. The molecule has 3 aromatic rings. The first-order valence-corrected chi connectivity index (χ1v) is 9.47. The molecular weight excluding hydrogens is 384 g/mol. The lowest BCUT2D eigenvalue weighted by Crippen LogP contribution is -2.14. The van der Waals surface area contributed by atoms with Crippen LogP contribution in [0.15, 0.2) is 53.8 Å². The minimum absolute atomic E-state index is 0.111. The molecule has 3 rings (SSSR count). The van der Waals surface area contributed by atoms with Crippen molar-refractivity contribution in [2.75, 3.05) is 7.11 Å². The van der Waals surface area contributed by atoms with Crippen LogP contribution in [0, 0.1) is 6.92 Å². The van der Waals surface area contributed by atoms with Gasteiger partial charge in [0.1, 0.15) is 18.3 Å². The summed E-state index contributed by atoms with van der Waals surface area (Å²) in [6.45, 7) is 1.91. The minimum Gasteiger partial charge on any atom is -0.493 e. The Kier molecular flexibility index (Phi) is 5.27. The van der Waals surface area contributed by atoms with Crippen LogP contribution in [0.5, 0.6) is 11.5 Å². The maximum atomic E-state index is 12.7. The summed E-state index contributed by atoms with van der Waals surface area (Å²) in [5, 5.41) is -0.540. The van der Waals surface area contributed by atoms with Gasteiger partial charge in [0, 0.05) is 11.3 Å². The Bertz CT molecular complexity index is 1130. The third kappa shape index (κ3) is 3.65. The molecule has 0 aliphatic carbocycles. The van der Waals surface area contributed by atoms with Gasteiger partial charge in [-0.25, -0.2) is 4.98 Å². The first-order valence-electron chi connectivity index (χ1n) is 8.07. The molecule has 28 heavy (non-hydrogen) atoms. The summed E-state index contributed by atoms with van der Waals surface area (Å²) in [7, 11) is -3.14. The van der Waals surface area contributed by atoms with Gasteiger partial charge in [0.2, 0.25) is 5.03 Å². The van der Waals surface area contributed by atoms with Crippen molar-refractivity contribution in [3.05, 3.63) is 65.6 Å². The van der Waals surface area contributed by atoms with Gasteiger partial charge in [0.25, 0.3) is 0 Å². The van der Waals surface area contributed by atoms with E-state index < -0.39 is 15.1 Å². The fourth-order valence-electron chi connectivity index (χ4n) is 2.54. The van der Waals surface area contributed by atoms with Gasteiger partial charge in [0.05, 0.1) is 7.11 Å². The number of rotatable bonds is 7. The molecule has 0 radical (unpaired) electrons. The molecule has 1 aromatic heterocycles. The fourth-order valence-corrected chi connectivity index (χ4v) is 3.57. The van der Waals surface area contributed by atoms with Gasteiger partial charge >= 0.3 is 10.1 Å². The maximum Gasteiger partial charge on any atom is 0.359 e. The second-order valence-corrected chi connectivity index (χ2v) is 7.29. The molecule has 0 N–H and O–H groups in total. The number of ether oxygens (including phenoxy) is 1. The van der Waals surface area contributed by atoms with Crippen molar-refractivity contribution in [3.8, 4) is 17.2 Å². The normalized spacial score (nSPS) is 11.1. The van der Waals surface area contributed by atoms with Gasteiger partial charge < -0.3 is 8.92 Å². The highest BCUT2D eigenvalue weighted by Crippen LogP contribution is 2.31. The number of benzene rings is 2. The second kappa shape index (κ2) is 7.65. The van der Waals surface area contributed by atoms with E-state index >= 15 is 0 Å². The van der Waals surface area contributed by atoms with Crippen molar-refractivity contribution < 1.29 is 26.9 Å². The number of nitrogens with zero attached hydrogens (tertiary/aromatic N) is 2. The van der Waals surface area contributed by atoms with Gasteiger partial charge in [0.15, 0.2) is 17.8 Å². The molecule has 0 spiro atoms. The molecule has 0 atom stereocenters. The molecule has 2 aromatic carbocycles. The third-order valence-electron chi connectivity index (χ3n) is 3.95. The Morgan fingerprint density at radius 1 is 1.00 bits per heavy atom. The standard InChI is InChI=1S/C19H16N2O6S/c1-13-3-6-15(7-4-13)21-12-20-19(16(21)11-23)28(24,25)27-18-9-14(10-22)5-8-17(18)26-2/h3-12H,1-2H3. The van der Waals surface area contributed by atoms with Crippen molar-refractivity contribution in [1.82, 2.24) is 9.55 Å². The number of hydrogen-bond donors (Lipinski definition) is 0. The van der Waals surface area contributed by atoms with E-state index in [1.165, 1.54) is 36.2 Å². The van der Waals surface area contributed by atoms with Crippen LogP contribution in [0.4, 0.5) is 0 Å². The highest BCUT2D eigenvalue weighted by atomic mass is 32.2. The molecule has 8 nitrogen and oxygen atoms in total. The summed E-state index contributed by atoms with van der Waals surface area (Å²) >= 11 is 0. The number of methoxy groups -OCH3 is 1. The number of aryl methyl sites for hydroxylation is 1. The zero-order valence-electron chi connectivity index (χ0n) is 15.0. The molecule has 0 fully saturated rings. The van der Waals surface area contributed by atoms with Gasteiger partial charge in [-0.3, -0.25) is 14.2 Å². The summed E-state index contributed by atoms with van der Waals surface area (Å²) < 4.78 is 37.0. The molecule has 9 heteroatoms. The monoisotopic (exact) mass is 400 g/mol. The van der Waals surface area contributed by atoms with Crippen LogP contribution in [0.25, 0.3) is 5.69 Å². The molecule has 0 saturated heterocycles. The van der Waals surface area contributed by atoms with E-state index in [-0.39, 0.29) is 22.8 Å². The van der Waals surface area contributed by atoms with Crippen molar-refractivity contribution >= 4 is 22.7 Å². The predicted octanol–water partition coefficient (Wildman–Crippen LogP) is 2.58. The van der Waals surface area contributed by atoms with Gasteiger partial charge in [-0.05, 0) is 37.3 Å². The third-order valence-corrected chi connectivity index (χ3v) is 5.14. The lowest BCUT2D eigenvalue weighted by molar-refractivity contribution is 0.111. The van der Waals surface area contributed by atoms with Crippen LogP contribution in [0.3, 0.4) is 0 Å². The van der Waals surface area contributed by atoms with E-state index in [2.05, 4.69) is 4.98 Å². The average Bonchev–Trinajstić information content (AvgIpc) is 3.13. The Labute approximate surface area is 161 Å². The SMILES string of the molecule is COc1ccc(C=O)cc1OS(=O)(=O)c1ncn(-c2ccc(C)cc2)c1C=O. The smallest absolute Gasteiger partial charge is 0.359 e. The quantitative estimate of drug-likeness (QED) is 0.443. The number of carbonyl (C=O) groups excluding carboxylic acids is 2. The highest BCUT2D eigenvalue weighted by molar-refractivity contribution is 7.87. The summed E-state index contributed by atoms with van der Waals surface area (Å²) in [5.74, 6) is -0.0753. The molecule has 0 aliphatic rings. The zero-order valence-corrected chi connectivity index (χ0v) is 15.8. The van der Waals surface area contributed by atoms with Crippen LogP contribution in [-0.2, 0) is 10.1 Å². The maximum absolute atomic E-state index is 12.7. The molecular formula is C19H16N2O6S. The van der Waals surface area contributed by atoms with E-state index in [9.17, 15) is 18.0 Å². The van der Waals surface area contributed by atoms with E-state index in [0.717, 1.165) is 5.56 Å². The molecule has 0 saturated carbocycles. The fraction of sp³-hybridized carbons (Fsp3) is 0.105. The molecule has 0 amide bonds. The number of carbonyl (C=O) groups is 2. The topological polar surface area (TPSA) is 105 Å². The number of aromatic nitrogens is 2.